The topological polar surface area (TPSA) is 80.2 Å². The Labute approximate surface area is 156 Å². The largest absolute Gasteiger partial charge is 0.503 e. The summed E-state index contributed by atoms with van der Waals surface area (Å²) in [4.78, 5) is 11.7. The Kier molecular flexibility index (Phi) is 5.29. The van der Waals surface area contributed by atoms with Crippen LogP contribution in [0.2, 0.25) is 0 Å². The van der Waals surface area contributed by atoms with Crippen molar-refractivity contribution < 1.29 is 23.0 Å². The molecule has 3 rings (SSSR count). The van der Waals surface area contributed by atoms with Gasteiger partial charge >= 0.3 is 6.18 Å². The van der Waals surface area contributed by atoms with Gasteiger partial charge in [0.2, 0.25) is 5.88 Å². The number of halogens is 3. The summed E-state index contributed by atoms with van der Waals surface area (Å²) in [5, 5.41) is 12.2. The molecule has 3 aromatic rings. The van der Waals surface area contributed by atoms with Crippen LogP contribution >= 0.6 is 11.3 Å². The van der Waals surface area contributed by atoms with Crippen LogP contribution in [0, 0.1) is 0 Å². The first kappa shape index (κ1) is 19.1. The first-order chi connectivity index (χ1) is 12.8. The summed E-state index contributed by atoms with van der Waals surface area (Å²) in [7, 11) is 1.84. The molecule has 0 saturated heterocycles. The van der Waals surface area contributed by atoms with Crippen LogP contribution in [-0.4, -0.2) is 33.1 Å². The Bertz CT molecular complexity index is 971. The molecule has 0 aliphatic carbocycles. The predicted molar refractivity (Wildman–Crippen MR) is 95.9 cm³/mol. The number of thiazole rings is 1. The van der Waals surface area contributed by atoms with Crippen molar-refractivity contribution in [3.8, 4) is 17.4 Å². The van der Waals surface area contributed by atoms with Gasteiger partial charge in [0, 0.05) is 6.04 Å². The summed E-state index contributed by atoms with van der Waals surface area (Å²) in [6, 6.07) is 2.86. The van der Waals surface area contributed by atoms with Gasteiger partial charge in [-0.05, 0) is 32.2 Å². The van der Waals surface area contributed by atoms with Crippen molar-refractivity contribution >= 4 is 27.6 Å². The first-order valence-electron chi connectivity index (χ1n) is 7.83. The molecular weight excluding hydrogens is 381 g/mol. The van der Waals surface area contributed by atoms with Crippen LogP contribution in [-0.2, 0) is 6.18 Å². The fourth-order valence-electron chi connectivity index (χ4n) is 2.08. The van der Waals surface area contributed by atoms with Gasteiger partial charge in [0.15, 0.2) is 16.5 Å². The lowest BCUT2D eigenvalue weighted by Gasteiger charge is -2.07. The number of nitrogens with zero attached hydrogens (tertiary/aromatic N) is 3. The third-order valence-electron chi connectivity index (χ3n) is 3.61. The van der Waals surface area contributed by atoms with E-state index in [4.69, 9.17) is 4.74 Å². The zero-order valence-electron chi connectivity index (χ0n) is 14.3. The van der Waals surface area contributed by atoms with Crippen LogP contribution < -0.4 is 10.1 Å². The molecule has 142 valence electrons. The Balaban J connectivity index is 1.82. The summed E-state index contributed by atoms with van der Waals surface area (Å²) >= 11 is 0.352. The highest BCUT2D eigenvalue weighted by Gasteiger charge is 2.35. The molecule has 27 heavy (non-hydrogen) atoms. The van der Waals surface area contributed by atoms with E-state index in [2.05, 4.69) is 20.3 Å². The van der Waals surface area contributed by atoms with Gasteiger partial charge in [-0.15, -0.1) is 11.3 Å². The van der Waals surface area contributed by atoms with Gasteiger partial charge in [-0.25, -0.2) is 15.0 Å². The van der Waals surface area contributed by atoms with Crippen LogP contribution in [0.5, 0.6) is 17.4 Å². The summed E-state index contributed by atoms with van der Waals surface area (Å²) in [6.45, 7) is 1.98. The van der Waals surface area contributed by atoms with Crippen molar-refractivity contribution in [1.82, 2.24) is 20.3 Å². The van der Waals surface area contributed by atoms with E-state index < -0.39 is 16.9 Å². The number of phenols is 1. The SMILES string of the molecule is CNC(C)/C=C/c1cnc(Oc2ccc3nc(C(F)(F)F)sc3c2O)cn1. The molecule has 0 saturated carbocycles. The monoisotopic (exact) mass is 396 g/mol. The van der Waals surface area contributed by atoms with Crippen molar-refractivity contribution in [1.29, 1.82) is 0 Å². The highest BCUT2D eigenvalue weighted by molar-refractivity contribution is 7.19. The number of aromatic nitrogens is 3. The molecule has 2 aromatic heterocycles. The maximum absolute atomic E-state index is 12.8. The van der Waals surface area contributed by atoms with Gasteiger partial charge in [0.05, 0.1) is 23.6 Å². The quantitative estimate of drug-likeness (QED) is 0.672. The van der Waals surface area contributed by atoms with E-state index in [0.717, 1.165) is 0 Å². The van der Waals surface area contributed by atoms with Crippen molar-refractivity contribution in [2.24, 2.45) is 0 Å². The second-order valence-electron chi connectivity index (χ2n) is 5.60. The van der Waals surface area contributed by atoms with E-state index in [1.54, 1.807) is 6.08 Å². The molecule has 2 heterocycles. The maximum Gasteiger partial charge on any atom is 0.443 e. The summed E-state index contributed by atoms with van der Waals surface area (Å²) in [6.07, 6.45) is 1.97. The van der Waals surface area contributed by atoms with Gasteiger partial charge in [-0.3, -0.25) is 0 Å². The number of fused-ring (bicyclic) bond motifs is 1. The molecule has 0 radical (unpaired) electrons. The van der Waals surface area contributed by atoms with Crippen LogP contribution in [0.4, 0.5) is 13.2 Å². The van der Waals surface area contributed by atoms with E-state index in [-0.39, 0.29) is 27.9 Å². The zero-order valence-corrected chi connectivity index (χ0v) is 15.1. The molecule has 1 atom stereocenters. The zero-order chi connectivity index (χ0) is 19.6. The molecule has 1 unspecified atom stereocenters. The van der Waals surface area contributed by atoms with Crippen LogP contribution in [0.3, 0.4) is 0 Å². The van der Waals surface area contributed by atoms with Gasteiger partial charge < -0.3 is 15.2 Å². The number of benzene rings is 1. The Morgan fingerprint density at radius 2 is 2.04 bits per heavy atom. The molecule has 2 N–H and O–H groups in total. The van der Waals surface area contributed by atoms with E-state index in [9.17, 15) is 18.3 Å². The molecule has 1 aromatic carbocycles. The third-order valence-corrected chi connectivity index (χ3v) is 4.73. The molecule has 0 fully saturated rings. The highest BCUT2D eigenvalue weighted by atomic mass is 32.1. The number of aromatic hydroxyl groups is 1. The van der Waals surface area contributed by atoms with Gasteiger partial charge in [0.25, 0.3) is 0 Å². The summed E-state index contributed by atoms with van der Waals surface area (Å²) in [5.74, 6) is -0.348. The standard InChI is InChI=1S/C17H15F3N4O2S/c1-9(21-2)3-4-10-7-23-13(8-22-10)26-12-6-5-11-15(14(12)25)27-16(24-11)17(18,19)20/h3-9,21,25H,1-2H3/b4-3+. The minimum absolute atomic E-state index is 0.00612. The van der Waals surface area contributed by atoms with E-state index in [0.29, 0.717) is 17.0 Å². The lowest BCUT2D eigenvalue weighted by molar-refractivity contribution is -0.137. The first-order valence-corrected chi connectivity index (χ1v) is 8.64. The number of hydrogen-bond donors (Lipinski definition) is 2. The van der Waals surface area contributed by atoms with Crippen molar-refractivity contribution in [3.63, 3.8) is 0 Å². The van der Waals surface area contributed by atoms with Crippen LogP contribution in [0.25, 0.3) is 16.3 Å². The maximum atomic E-state index is 12.8. The fourth-order valence-corrected chi connectivity index (χ4v) is 2.95. The fraction of sp³-hybridized carbons (Fsp3) is 0.235. The summed E-state index contributed by atoms with van der Waals surface area (Å²) < 4.78 is 43.8. The molecule has 0 amide bonds. The second kappa shape index (κ2) is 7.49. The van der Waals surface area contributed by atoms with Crippen LogP contribution in [0.15, 0.2) is 30.6 Å². The van der Waals surface area contributed by atoms with Crippen molar-refractivity contribution in [2.45, 2.75) is 19.1 Å². The number of nitrogens with one attached hydrogen (secondary N) is 1. The lowest BCUT2D eigenvalue weighted by Crippen LogP contribution is -2.17. The molecule has 0 bridgehead atoms. The van der Waals surface area contributed by atoms with Crippen LogP contribution in [0.1, 0.15) is 17.6 Å². The lowest BCUT2D eigenvalue weighted by atomic mass is 10.3. The number of likely N-dealkylation sites (N-methyl/N-ethyl adjacent to an activating group) is 1. The number of rotatable bonds is 5. The Hall–Kier alpha value is -2.72. The molecular formula is C17H15F3N4O2S. The van der Waals surface area contributed by atoms with Gasteiger partial charge in [-0.2, -0.15) is 13.2 Å². The minimum Gasteiger partial charge on any atom is -0.503 e. The normalized spacial score (nSPS) is 13.4. The minimum atomic E-state index is -4.57. The Morgan fingerprint density at radius 1 is 1.26 bits per heavy atom. The third kappa shape index (κ3) is 4.34. The highest BCUT2D eigenvalue weighted by Crippen LogP contribution is 2.43. The number of phenolic OH excluding ortho intramolecular Hbond substituents is 1. The molecule has 10 heteroatoms. The summed E-state index contributed by atoms with van der Waals surface area (Å²) in [5.41, 5.74) is 0.656. The van der Waals surface area contributed by atoms with Gasteiger partial charge in [0.1, 0.15) is 4.70 Å². The average molecular weight is 396 g/mol. The predicted octanol–water partition coefficient (Wildman–Crippen LogP) is 4.22. The number of ether oxygens (including phenoxy) is 1. The second-order valence-corrected chi connectivity index (χ2v) is 6.59. The Morgan fingerprint density at radius 3 is 2.67 bits per heavy atom. The van der Waals surface area contributed by atoms with E-state index in [1.165, 1.54) is 24.5 Å². The van der Waals surface area contributed by atoms with Crippen molar-refractivity contribution in [3.05, 3.63) is 41.3 Å². The van der Waals surface area contributed by atoms with Crippen molar-refractivity contribution in [2.75, 3.05) is 7.05 Å². The number of hydrogen-bond acceptors (Lipinski definition) is 7. The van der Waals surface area contributed by atoms with E-state index >= 15 is 0 Å². The number of alkyl halides is 3. The molecule has 0 spiro atoms. The molecule has 0 aliphatic rings. The van der Waals surface area contributed by atoms with Gasteiger partial charge in [-0.1, -0.05) is 6.08 Å². The average Bonchev–Trinajstić information content (AvgIpc) is 3.09. The molecule has 0 aliphatic heterocycles. The van der Waals surface area contributed by atoms with E-state index in [1.807, 2.05) is 20.0 Å². The smallest absolute Gasteiger partial charge is 0.443 e. The molecule has 6 nitrogen and oxygen atoms in total.